The van der Waals surface area contributed by atoms with E-state index >= 15 is 0 Å². The molecule has 28 heavy (non-hydrogen) atoms. The number of nitrogens with zero attached hydrogens (tertiary/aromatic N) is 2. The molecule has 0 spiro atoms. The average Bonchev–Trinajstić information content (AvgIpc) is 3.10. The van der Waals surface area contributed by atoms with Crippen molar-refractivity contribution in [3.63, 3.8) is 0 Å². The third-order valence-electron chi connectivity index (χ3n) is 4.80. The SMILES string of the molecule is COc1cccc(-c2cc(COC(C)(C)C(C)=O)nn2Cc2ccccc2)c1. The number of carbonyl (C=O) groups excluding carboxylic acids is 1. The summed E-state index contributed by atoms with van der Waals surface area (Å²) in [6.07, 6.45) is 0. The standard InChI is InChI=1S/C23H26N2O3/c1-17(26)23(2,3)28-16-20-14-22(19-11-8-12-21(13-19)27-4)25(24-20)15-18-9-6-5-7-10-18/h5-14H,15-16H2,1-4H3. The van der Waals surface area contributed by atoms with Crippen LogP contribution in [0.3, 0.4) is 0 Å². The molecule has 0 atom stereocenters. The highest BCUT2D eigenvalue weighted by Gasteiger charge is 2.25. The number of ether oxygens (including phenoxy) is 2. The molecule has 0 saturated heterocycles. The van der Waals surface area contributed by atoms with Gasteiger partial charge in [-0.05, 0) is 44.5 Å². The van der Waals surface area contributed by atoms with E-state index < -0.39 is 5.60 Å². The number of hydrogen-bond donors (Lipinski definition) is 0. The molecule has 0 aliphatic rings. The number of carbonyl (C=O) groups is 1. The molecule has 0 fully saturated rings. The normalized spacial score (nSPS) is 11.4. The molecule has 0 saturated carbocycles. The van der Waals surface area contributed by atoms with E-state index in [-0.39, 0.29) is 12.4 Å². The lowest BCUT2D eigenvalue weighted by Crippen LogP contribution is -2.32. The van der Waals surface area contributed by atoms with E-state index in [0.717, 1.165) is 28.3 Å². The summed E-state index contributed by atoms with van der Waals surface area (Å²) in [5.74, 6) is 0.782. The first-order valence-corrected chi connectivity index (χ1v) is 9.29. The molecule has 0 amide bonds. The van der Waals surface area contributed by atoms with Gasteiger partial charge in [0.15, 0.2) is 5.78 Å². The summed E-state index contributed by atoms with van der Waals surface area (Å²) >= 11 is 0. The van der Waals surface area contributed by atoms with Crippen LogP contribution in [0.15, 0.2) is 60.7 Å². The van der Waals surface area contributed by atoms with Crippen LogP contribution in [0.25, 0.3) is 11.3 Å². The molecule has 0 aliphatic carbocycles. The van der Waals surface area contributed by atoms with Gasteiger partial charge < -0.3 is 9.47 Å². The molecule has 3 aromatic rings. The van der Waals surface area contributed by atoms with Crippen LogP contribution in [-0.2, 0) is 22.7 Å². The first-order valence-electron chi connectivity index (χ1n) is 9.29. The van der Waals surface area contributed by atoms with Crippen LogP contribution in [0.5, 0.6) is 5.75 Å². The van der Waals surface area contributed by atoms with Gasteiger partial charge in [0, 0.05) is 5.56 Å². The van der Waals surface area contributed by atoms with Crippen LogP contribution in [0.2, 0.25) is 0 Å². The van der Waals surface area contributed by atoms with Gasteiger partial charge in [0.2, 0.25) is 0 Å². The Morgan fingerprint density at radius 3 is 2.50 bits per heavy atom. The first kappa shape index (κ1) is 19.8. The Labute approximate surface area is 165 Å². The van der Waals surface area contributed by atoms with E-state index in [1.165, 1.54) is 6.92 Å². The van der Waals surface area contributed by atoms with Gasteiger partial charge in [0.25, 0.3) is 0 Å². The van der Waals surface area contributed by atoms with E-state index in [1.807, 2.05) is 53.2 Å². The van der Waals surface area contributed by atoms with Crippen molar-refractivity contribution in [3.8, 4) is 17.0 Å². The van der Waals surface area contributed by atoms with Crippen LogP contribution in [-0.4, -0.2) is 28.3 Å². The number of hydrogen-bond acceptors (Lipinski definition) is 4. The summed E-state index contributed by atoms with van der Waals surface area (Å²) in [5.41, 5.74) is 3.09. The van der Waals surface area contributed by atoms with E-state index in [4.69, 9.17) is 14.6 Å². The van der Waals surface area contributed by atoms with Crippen LogP contribution >= 0.6 is 0 Å². The summed E-state index contributed by atoms with van der Waals surface area (Å²) in [6.45, 7) is 6.00. The minimum absolute atomic E-state index is 0.00997. The Bertz CT molecular complexity index is 945. The smallest absolute Gasteiger partial charge is 0.161 e. The fraction of sp³-hybridized carbons (Fsp3) is 0.304. The van der Waals surface area contributed by atoms with Crippen LogP contribution in [0.4, 0.5) is 0 Å². The fourth-order valence-electron chi connectivity index (χ4n) is 2.79. The molecule has 1 heterocycles. The monoisotopic (exact) mass is 378 g/mol. The van der Waals surface area contributed by atoms with Gasteiger partial charge in [-0.15, -0.1) is 0 Å². The number of aromatic nitrogens is 2. The van der Waals surface area contributed by atoms with Crippen molar-refractivity contribution in [1.29, 1.82) is 0 Å². The summed E-state index contributed by atoms with van der Waals surface area (Å²) in [6, 6.07) is 20.1. The minimum atomic E-state index is -0.834. The summed E-state index contributed by atoms with van der Waals surface area (Å²) in [4.78, 5) is 11.7. The topological polar surface area (TPSA) is 53.4 Å². The minimum Gasteiger partial charge on any atom is -0.497 e. The lowest BCUT2D eigenvalue weighted by molar-refractivity contribution is -0.139. The Balaban J connectivity index is 1.93. The van der Waals surface area contributed by atoms with Gasteiger partial charge in [0.1, 0.15) is 11.4 Å². The second-order valence-corrected chi connectivity index (χ2v) is 7.25. The quantitative estimate of drug-likeness (QED) is 0.579. The lowest BCUT2D eigenvalue weighted by Gasteiger charge is -2.21. The van der Waals surface area contributed by atoms with Crippen molar-refractivity contribution >= 4 is 5.78 Å². The van der Waals surface area contributed by atoms with Crippen LogP contribution in [0, 0.1) is 0 Å². The van der Waals surface area contributed by atoms with E-state index in [1.54, 1.807) is 21.0 Å². The molecule has 0 radical (unpaired) electrons. The zero-order chi connectivity index (χ0) is 20.1. The third-order valence-corrected chi connectivity index (χ3v) is 4.80. The van der Waals surface area contributed by atoms with Gasteiger partial charge in [0.05, 0.1) is 31.6 Å². The summed E-state index contributed by atoms with van der Waals surface area (Å²) in [7, 11) is 1.66. The predicted octanol–water partition coefficient (Wildman–Crippen LogP) is 4.49. The van der Waals surface area contributed by atoms with Crippen LogP contribution < -0.4 is 4.74 Å². The number of benzene rings is 2. The fourth-order valence-corrected chi connectivity index (χ4v) is 2.79. The number of ketones is 1. The number of methoxy groups -OCH3 is 1. The highest BCUT2D eigenvalue weighted by atomic mass is 16.5. The van der Waals surface area contributed by atoms with Gasteiger partial charge in [-0.25, -0.2) is 0 Å². The molecule has 1 aromatic heterocycles. The zero-order valence-corrected chi connectivity index (χ0v) is 16.8. The lowest BCUT2D eigenvalue weighted by atomic mass is 10.1. The zero-order valence-electron chi connectivity index (χ0n) is 16.8. The Morgan fingerprint density at radius 2 is 1.82 bits per heavy atom. The second kappa shape index (κ2) is 8.40. The van der Waals surface area contributed by atoms with Crippen molar-refractivity contribution < 1.29 is 14.3 Å². The maximum Gasteiger partial charge on any atom is 0.161 e. The van der Waals surface area contributed by atoms with E-state index in [9.17, 15) is 4.79 Å². The molecule has 3 rings (SSSR count). The van der Waals surface area contributed by atoms with Crippen LogP contribution in [0.1, 0.15) is 32.0 Å². The molecule has 5 nitrogen and oxygen atoms in total. The summed E-state index contributed by atoms with van der Waals surface area (Å²) in [5, 5.41) is 4.74. The molecule has 146 valence electrons. The molecule has 0 unspecified atom stereocenters. The van der Waals surface area contributed by atoms with Crippen molar-refractivity contribution in [2.45, 2.75) is 39.5 Å². The Hall–Kier alpha value is -2.92. The number of rotatable bonds is 8. The van der Waals surface area contributed by atoms with E-state index in [0.29, 0.717) is 6.54 Å². The molecule has 0 aliphatic heterocycles. The maximum absolute atomic E-state index is 11.7. The van der Waals surface area contributed by atoms with Crippen molar-refractivity contribution in [2.24, 2.45) is 0 Å². The average molecular weight is 378 g/mol. The highest BCUT2D eigenvalue weighted by molar-refractivity contribution is 5.83. The molecular weight excluding hydrogens is 352 g/mol. The highest BCUT2D eigenvalue weighted by Crippen LogP contribution is 2.26. The Kier molecular flexibility index (Phi) is 5.95. The van der Waals surface area contributed by atoms with Gasteiger partial charge >= 0.3 is 0 Å². The van der Waals surface area contributed by atoms with Crippen molar-refractivity contribution in [2.75, 3.05) is 7.11 Å². The molecular formula is C23H26N2O3. The second-order valence-electron chi connectivity index (χ2n) is 7.25. The largest absolute Gasteiger partial charge is 0.497 e. The van der Waals surface area contributed by atoms with Gasteiger partial charge in [-0.3, -0.25) is 9.48 Å². The maximum atomic E-state index is 11.7. The third kappa shape index (κ3) is 4.67. The van der Waals surface area contributed by atoms with Crippen molar-refractivity contribution in [3.05, 3.63) is 71.9 Å². The predicted molar refractivity (Wildman–Crippen MR) is 109 cm³/mol. The van der Waals surface area contributed by atoms with E-state index in [2.05, 4.69) is 12.1 Å². The Morgan fingerprint density at radius 1 is 1.07 bits per heavy atom. The van der Waals surface area contributed by atoms with Gasteiger partial charge in [-0.2, -0.15) is 5.10 Å². The summed E-state index contributed by atoms with van der Waals surface area (Å²) < 4.78 is 13.2. The molecule has 0 bridgehead atoms. The molecule has 5 heteroatoms. The molecule has 2 aromatic carbocycles. The molecule has 0 N–H and O–H groups in total. The number of Topliss-reactive ketones (excluding diaryl/α,β-unsaturated/α-hetero) is 1. The van der Waals surface area contributed by atoms with Crippen molar-refractivity contribution in [1.82, 2.24) is 9.78 Å². The first-order chi connectivity index (χ1) is 13.4. The van der Waals surface area contributed by atoms with Gasteiger partial charge in [-0.1, -0.05) is 42.5 Å².